The summed E-state index contributed by atoms with van der Waals surface area (Å²) in [7, 11) is 1.55. The van der Waals surface area contributed by atoms with Gasteiger partial charge >= 0.3 is 5.97 Å². The van der Waals surface area contributed by atoms with E-state index in [9.17, 15) is 14.7 Å². The molecule has 1 aliphatic rings. The van der Waals surface area contributed by atoms with Crippen molar-refractivity contribution < 1.29 is 19.4 Å². The van der Waals surface area contributed by atoms with E-state index in [1.807, 2.05) is 54.6 Å². The molecule has 0 spiro atoms. The molecule has 158 valence electrons. The van der Waals surface area contributed by atoms with Crippen molar-refractivity contribution in [2.75, 3.05) is 7.11 Å². The van der Waals surface area contributed by atoms with E-state index in [1.165, 1.54) is 4.90 Å². The van der Waals surface area contributed by atoms with E-state index in [-0.39, 0.29) is 5.91 Å². The van der Waals surface area contributed by atoms with Crippen molar-refractivity contribution in [2.24, 2.45) is 0 Å². The largest absolute Gasteiger partial charge is 0.496 e. The maximum Gasteiger partial charge on any atom is 0.326 e. The minimum absolute atomic E-state index is 0.354. The number of likely N-dealkylation sites (tertiary alicyclic amines) is 1. The van der Waals surface area contributed by atoms with Gasteiger partial charge in [0.25, 0.3) is 5.91 Å². The number of carbonyl (C=O) groups is 2. The summed E-state index contributed by atoms with van der Waals surface area (Å²) in [5.41, 5.74) is 2.96. The zero-order valence-electron chi connectivity index (χ0n) is 17.0. The first-order valence-electron chi connectivity index (χ1n) is 10.0. The molecule has 1 saturated heterocycles. The number of nitrogens with zero attached hydrogens (tertiary/aromatic N) is 1. The number of rotatable bonds is 5. The molecule has 3 aromatic carbocycles. The number of carbonyl (C=O) groups excluding carboxylic acids is 1. The van der Waals surface area contributed by atoms with Crippen LogP contribution >= 0.6 is 11.6 Å². The minimum atomic E-state index is -1.02. The van der Waals surface area contributed by atoms with E-state index in [2.05, 4.69) is 0 Å². The van der Waals surface area contributed by atoms with Crippen LogP contribution in [-0.2, 0) is 4.79 Å². The second kappa shape index (κ2) is 8.82. The van der Waals surface area contributed by atoms with Gasteiger partial charge in [-0.2, -0.15) is 0 Å². The highest BCUT2D eigenvalue weighted by molar-refractivity contribution is 6.31. The maximum atomic E-state index is 13.5. The Morgan fingerprint density at radius 2 is 1.71 bits per heavy atom. The molecule has 1 heterocycles. The van der Waals surface area contributed by atoms with Crippen LogP contribution in [0.4, 0.5) is 0 Å². The van der Waals surface area contributed by atoms with Crippen LogP contribution in [0.2, 0.25) is 5.02 Å². The molecule has 1 aliphatic heterocycles. The molecule has 0 aromatic heterocycles. The topological polar surface area (TPSA) is 66.8 Å². The number of ether oxygens (including phenoxy) is 1. The SMILES string of the molecule is COc1cc(C(=O)N2[C@@H](C(=O)O)CC[C@H]2c2ccccc2Cl)ccc1-c1ccccc1. The lowest BCUT2D eigenvalue weighted by atomic mass is 10.0. The van der Waals surface area contributed by atoms with Crippen molar-refractivity contribution in [3.05, 3.63) is 88.9 Å². The first kappa shape index (κ1) is 20.9. The fourth-order valence-electron chi connectivity index (χ4n) is 4.22. The first-order chi connectivity index (χ1) is 15.0. The van der Waals surface area contributed by atoms with Crippen molar-refractivity contribution >= 4 is 23.5 Å². The summed E-state index contributed by atoms with van der Waals surface area (Å²) in [5, 5.41) is 10.3. The molecule has 5 nitrogen and oxygen atoms in total. The Labute approximate surface area is 185 Å². The number of methoxy groups -OCH3 is 1. The van der Waals surface area contributed by atoms with Gasteiger partial charge in [0.2, 0.25) is 0 Å². The summed E-state index contributed by atoms with van der Waals surface area (Å²) >= 11 is 6.38. The van der Waals surface area contributed by atoms with Crippen molar-refractivity contribution in [1.29, 1.82) is 0 Å². The lowest BCUT2D eigenvalue weighted by molar-refractivity contribution is -0.141. The molecule has 4 rings (SSSR count). The van der Waals surface area contributed by atoms with Crippen molar-refractivity contribution in [3.63, 3.8) is 0 Å². The maximum absolute atomic E-state index is 13.5. The van der Waals surface area contributed by atoms with Gasteiger partial charge in [0.15, 0.2) is 0 Å². The molecule has 0 aliphatic carbocycles. The normalized spacial score (nSPS) is 18.1. The van der Waals surface area contributed by atoms with Crippen LogP contribution in [0.3, 0.4) is 0 Å². The van der Waals surface area contributed by atoms with Gasteiger partial charge in [-0.05, 0) is 48.2 Å². The molecule has 31 heavy (non-hydrogen) atoms. The average Bonchev–Trinajstić information content (AvgIpc) is 3.24. The molecule has 0 saturated carbocycles. The molecule has 1 amide bonds. The molecule has 3 aromatic rings. The molecule has 6 heteroatoms. The second-order valence-corrected chi connectivity index (χ2v) is 7.87. The zero-order valence-corrected chi connectivity index (χ0v) is 17.8. The standard InChI is InChI=1S/C25H22ClNO4/c1-31-23-15-17(11-12-18(23)16-7-3-2-4-8-16)24(28)27-21(13-14-22(27)25(29)30)19-9-5-6-10-20(19)26/h2-12,15,21-22H,13-14H2,1H3,(H,29,30)/t21-,22+/m0/s1. The number of carboxylic acids is 1. The summed E-state index contributed by atoms with van der Waals surface area (Å²) in [4.78, 5) is 26.9. The number of carboxylic acid groups (broad SMARTS) is 1. The summed E-state index contributed by atoms with van der Waals surface area (Å²) in [6, 6.07) is 20.9. The van der Waals surface area contributed by atoms with E-state index in [0.29, 0.717) is 29.2 Å². The lowest BCUT2D eigenvalue weighted by Gasteiger charge is -2.29. The zero-order chi connectivity index (χ0) is 22.0. The van der Waals surface area contributed by atoms with Crippen LogP contribution in [0, 0.1) is 0 Å². The van der Waals surface area contributed by atoms with Gasteiger partial charge in [-0.1, -0.05) is 60.1 Å². The van der Waals surface area contributed by atoms with Crippen molar-refractivity contribution in [1.82, 2.24) is 4.90 Å². The highest BCUT2D eigenvalue weighted by Gasteiger charge is 2.42. The molecule has 0 bridgehead atoms. The number of hydrogen-bond donors (Lipinski definition) is 1. The average molecular weight is 436 g/mol. The molecule has 1 N–H and O–H groups in total. The fourth-order valence-corrected chi connectivity index (χ4v) is 4.48. The summed E-state index contributed by atoms with van der Waals surface area (Å²) in [6.45, 7) is 0. The summed E-state index contributed by atoms with van der Waals surface area (Å²) < 4.78 is 5.55. The van der Waals surface area contributed by atoms with Crippen molar-refractivity contribution in [3.8, 4) is 16.9 Å². The number of halogens is 1. The Morgan fingerprint density at radius 1 is 1.00 bits per heavy atom. The first-order valence-corrected chi connectivity index (χ1v) is 10.4. The predicted octanol–water partition coefficient (Wildman–Crippen LogP) is 5.45. The van der Waals surface area contributed by atoms with Crippen LogP contribution in [-0.4, -0.2) is 35.0 Å². The van der Waals surface area contributed by atoms with E-state index in [1.54, 1.807) is 25.3 Å². The Kier molecular flexibility index (Phi) is 5.96. The second-order valence-electron chi connectivity index (χ2n) is 7.46. The van der Waals surface area contributed by atoms with Crippen LogP contribution in [0.25, 0.3) is 11.1 Å². The van der Waals surface area contributed by atoms with Gasteiger partial charge in [-0.25, -0.2) is 4.79 Å². The van der Waals surface area contributed by atoms with E-state index in [0.717, 1.165) is 16.7 Å². The minimum Gasteiger partial charge on any atom is -0.496 e. The van der Waals surface area contributed by atoms with E-state index in [4.69, 9.17) is 16.3 Å². The monoisotopic (exact) mass is 435 g/mol. The third-order valence-corrected chi connectivity index (χ3v) is 6.05. The van der Waals surface area contributed by atoms with Crippen LogP contribution in [0.1, 0.15) is 34.8 Å². The Bertz CT molecular complexity index is 1120. The smallest absolute Gasteiger partial charge is 0.326 e. The Morgan fingerprint density at radius 3 is 2.39 bits per heavy atom. The third kappa shape index (κ3) is 4.01. The lowest BCUT2D eigenvalue weighted by Crippen LogP contribution is -2.41. The van der Waals surface area contributed by atoms with Gasteiger partial charge in [0.05, 0.1) is 13.2 Å². The summed E-state index contributed by atoms with van der Waals surface area (Å²) in [5.74, 6) is -0.819. The van der Waals surface area contributed by atoms with Crippen LogP contribution < -0.4 is 4.74 Å². The fraction of sp³-hybridized carbons (Fsp3) is 0.200. The Balaban J connectivity index is 1.73. The quantitative estimate of drug-likeness (QED) is 0.579. The van der Waals surface area contributed by atoms with Gasteiger partial charge in [-0.3, -0.25) is 4.79 Å². The predicted molar refractivity (Wildman–Crippen MR) is 119 cm³/mol. The summed E-state index contributed by atoms with van der Waals surface area (Å²) in [6.07, 6.45) is 0.905. The van der Waals surface area contributed by atoms with Crippen molar-refractivity contribution in [2.45, 2.75) is 24.9 Å². The van der Waals surface area contributed by atoms with Gasteiger partial charge < -0.3 is 14.7 Å². The highest BCUT2D eigenvalue weighted by atomic mass is 35.5. The molecular weight excluding hydrogens is 414 g/mol. The molecule has 1 fully saturated rings. The number of hydrogen-bond acceptors (Lipinski definition) is 3. The number of amides is 1. The molecule has 2 atom stereocenters. The van der Waals surface area contributed by atoms with Gasteiger partial charge in [-0.15, -0.1) is 0 Å². The molecular formula is C25H22ClNO4. The van der Waals surface area contributed by atoms with E-state index < -0.39 is 18.1 Å². The van der Waals surface area contributed by atoms with Gasteiger partial charge in [0.1, 0.15) is 11.8 Å². The molecule has 0 unspecified atom stereocenters. The third-order valence-electron chi connectivity index (χ3n) is 5.70. The number of benzene rings is 3. The van der Waals surface area contributed by atoms with Crippen LogP contribution in [0.5, 0.6) is 5.75 Å². The van der Waals surface area contributed by atoms with E-state index >= 15 is 0 Å². The highest BCUT2D eigenvalue weighted by Crippen LogP contribution is 2.41. The number of aliphatic carboxylic acids is 1. The Hall–Kier alpha value is -3.31. The van der Waals surface area contributed by atoms with Gasteiger partial charge in [0, 0.05) is 16.1 Å². The van der Waals surface area contributed by atoms with Crippen LogP contribution in [0.15, 0.2) is 72.8 Å². The molecule has 0 radical (unpaired) electrons.